The summed E-state index contributed by atoms with van der Waals surface area (Å²) in [5.41, 5.74) is 5.59. The van der Waals surface area contributed by atoms with Crippen LogP contribution in [-0.4, -0.2) is 11.7 Å². The highest BCUT2D eigenvalue weighted by Crippen LogP contribution is 2.24. The van der Waals surface area contributed by atoms with Crippen LogP contribution in [0.4, 0.5) is 8.78 Å². The molecular weight excluding hydrogens is 200 g/mol. The number of hydrogen-bond donors (Lipinski definition) is 2. The average molecular weight is 208 g/mol. The minimum absolute atomic E-state index is 0.0143. The van der Waals surface area contributed by atoms with E-state index in [0.717, 1.165) is 12.1 Å². The Morgan fingerprint density at radius 3 is 2.46 bits per heavy atom. The largest absolute Gasteiger partial charge is 0.394 e. The Bertz CT molecular complexity index is 319. The Balaban J connectivity index is 3.15. The number of nitrogens with two attached hydrogens (primary N) is 1. The van der Waals surface area contributed by atoms with Gasteiger partial charge in [-0.2, -0.15) is 0 Å². The first-order chi connectivity index (χ1) is 6.06. The monoisotopic (exact) mass is 207 g/mol. The maximum Gasteiger partial charge on any atom is 0.160 e. The molecule has 5 heteroatoms. The van der Waals surface area contributed by atoms with Gasteiger partial charge in [0.05, 0.1) is 12.6 Å². The van der Waals surface area contributed by atoms with Gasteiger partial charge in [0.25, 0.3) is 0 Å². The topological polar surface area (TPSA) is 46.2 Å². The molecule has 1 unspecified atom stereocenters. The lowest BCUT2D eigenvalue weighted by molar-refractivity contribution is 0.267. The van der Waals surface area contributed by atoms with E-state index in [9.17, 15) is 8.78 Å². The molecule has 0 saturated carbocycles. The van der Waals surface area contributed by atoms with Gasteiger partial charge >= 0.3 is 0 Å². The quantitative estimate of drug-likeness (QED) is 0.724. The van der Waals surface area contributed by atoms with E-state index in [4.69, 9.17) is 22.4 Å². The second-order valence-corrected chi connectivity index (χ2v) is 2.98. The van der Waals surface area contributed by atoms with E-state index in [1.807, 2.05) is 0 Å². The SMILES string of the molecule is NC(CO)c1cc(F)c(F)cc1Cl. The van der Waals surface area contributed by atoms with Gasteiger partial charge in [0.1, 0.15) is 0 Å². The molecule has 0 fully saturated rings. The minimum Gasteiger partial charge on any atom is -0.394 e. The summed E-state index contributed by atoms with van der Waals surface area (Å²) in [6, 6.07) is 0.933. The number of halogens is 3. The molecule has 0 spiro atoms. The number of rotatable bonds is 2. The van der Waals surface area contributed by atoms with Crippen LogP contribution in [0.3, 0.4) is 0 Å². The van der Waals surface area contributed by atoms with Crippen molar-refractivity contribution in [3.05, 3.63) is 34.4 Å². The normalized spacial score (nSPS) is 13.0. The molecule has 0 radical (unpaired) electrons. The number of aliphatic hydroxyl groups is 1. The highest BCUT2D eigenvalue weighted by Gasteiger charge is 2.13. The van der Waals surface area contributed by atoms with Crippen molar-refractivity contribution in [2.75, 3.05) is 6.61 Å². The molecule has 1 aromatic rings. The molecule has 0 saturated heterocycles. The van der Waals surface area contributed by atoms with Crippen LogP contribution in [0.5, 0.6) is 0 Å². The fourth-order valence-electron chi connectivity index (χ4n) is 0.920. The molecule has 0 bridgehead atoms. The van der Waals surface area contributed by atoms with Gasteiger partial charge in [-0.1, -0.05) is 11.6 Å². The zero-order chi connectivity index (χ0) is 10.0. The molecule has 72 valence electrons. The van der Waals surface area contributed by atoms with E-state index in [1.165, 1.54) is 0 Å². The summed E-state index contributed by atoms with van der Waals surface area (Å²) < 4.78 is 25.2. The zero-order valence-corrected chi connectivity index (χ0v) is 7.35. The number of hydrogen-bond acceptors (Lipinski definition) is 2. The summed E-state index contributed by atoms with van der Waals surface area (Å²) in [6.07, 6.45) is 0. The van der Waals surface area contributed by atoms with Crippen LogP contribution in [0.2, 0.25) is 5.02 Å². The molecular formula is C8H8ClF2NO. The molecule has 2 nitrogen and oxygen atoms in total. The lowest BCUT2D eigenvalue weighted by atomic mass is 10.1. The third kappa shape index (κ3) is 2.15. The molecule has 0 aliphatic heterocycles. The first-order valence-corrected chi connectivity index (χ1v) is 3.95. The summed E-state index contributed by atoms with van der Waals surface area (Å²) >= 11 is 5.58. The van der Waals surface area contributed by atoms with Gasteiger partial charge in [-0.05, 0) is 17.7 Å². The molecule has 0 aliphatic rings. The van der Waals surface area contributed by atoms with Gasteiger partial charge < -0.3 is 10.8 Å². The molecule has 3 N–H and O–H groups in total. The molecule has 1 atom stereocenters. The van der Waals surface area contributed by atoms with Gasteiger partial charge in [-0.25, -0.2) is 8.78 Å². The molecule has 13 heavy (non-hydrogen) atoms. The molecule has 0 amide bonds. The van der Waals surface area contributed by atoms with Crippen molar-refractivity contribution in [1.82, 2.24) is 0 Å². The Labute approximate surface area is 78.9 Å². The molecule has 0 aromatic heterocycles. The predicted octanol–water partition coefficient (Wildman–Crippen LogP) is 1.61. The highest BCUT2D eigenvalue weighted by atomic mass is 35.5. The van der Waals surface area contributed by atoms with Crippen molar-refractivity contribution in [1.29, 1.82) is 0 Å². The number of benzene rings is 1. The predicted molar refractivity (Wildman–Crippen MR) is 45.4 cm³/mol. The van der Waals surface area contributed by atoms with E-state index >= 15 is 0 Å². The van der Waals surface area contributed by atoms with Crippen molar-refractivity contribution < 1.29 is 13.9 Å². The molecule has 1 aromatic carbocycles. The van der Waals surface area contributed by atoms with E-state index in [1.54, 1.807) is 0 Å². The van der Waals surface area contributed by atoms with Gasteiger partial charge in [-0.3, -0.25) is 0 Å². The van der Waals surface area contributed by atoms with Crippen LogP contribution in [-0.2, 0) is 0 Å². The summed E-state index contributed by atoms with van der Waals surface area (Å²) in [7, 11) is 0. The Morgan fingerprint density at radius 1 is 1.38 bits per heavy atom. The molecule has 0 aliphatic carbocycles. The van der Waals surface area contributed by atoms with Crippen molar-refractivity contribution in [3.8, 4) is 0 Å². The van der Waals surface area contributed by atoms with Gasteiger partial charge in [0.15, 0.2) is 11.6 Å². The summed E-state index contributed by atoms with van der Waals surface area (Å²) in [4.78, 5) is 0. The molecule has 0 heterocycles. The summed E-state index contributed by atoms with van der Waals surface area (Å²) in [5.74, 6) is -2.05. The maximum absolute atomic E-state index is 12.7. The van der Waals surface area contributed by atoms with Crippen molar-refractivity contribution >= 4 is 11.6 Å². The van der Waals surface area contributed by atoms with Crippen molar-refractivity contribution in [3.63, 3.8) is 0 Å². The van der Waals surface area contributed by atoms with Gasteiger partial charge in [0, 0.05) is 5.02 Å². The Hall–Kier alpha value is -0.710. The minimum atomic E-state index is -1.03. The van der Waals surface area contributed by atoms with Crippen LogP contribution >= 0.6 is 11.6 Å². The van der Waals surface area contributed by atoms with E-state index in [-0.39, 0.29) is 17.2 Å². The van der Waals surface area contributed by atoms with Crippen LogP contribution in [0, 0.1) is 11.6 Å². The second-order valence-electron chi connectivity index (χ2n) is 2.58. The lowest BCUT2D eigenvalue weighted by Crippen LogP contribution is -2.15. The Kier molecular flexibility index (Phi) is 3.19. The summed E-state index contributed by atoms with van der Waals surface area (Å²) in [6.45, 7) is -0.370. The van der Waals surface area contributed by atoms with Gasteiger partial charge in [-0.15, -0.1) is 0 Å². The third-order valence-corrected chi connectivity index (χ3v) is 1.96. The van der Waals surface area contributed by atoms with E-state index in [0.29, 0.717) is 0 Å². The lowest BCUT2D eigenvalue weighted by Gasteiger charge is -2.10. The summed E-state index contributed by atoms with van der Waals surface area (Å²) in [5, 5.41) is 8.69. The van der Waals surface area contributed by atoms with Crippen LogP contribution < -0.4 is 5.73 Å². The zero-order valence-electron chi connectivity index (χ0n) is 6.60. The van der Waals surface area contributed by atoms with Crippen molar-refractivity contribution in [2.45, 2.75) is 6.04 Å². The Morgan fingerprint density at radius 2 is 1.92 bits per heavy atom. The van der Waals surface area contributed by atoms with Gasteiger partial charge in [0.2, 0.25) is 0 Å². The van der Waals surface area contributed by atoms with Crippen LogP contribution in [0.25, 0.3) is 0 Å². The number of aliphatic hydroxyl groups excluding tert-OH is 1. The fraction of sp³-hybridized carbons (Fsp3) is 0.250. The van der Waals surface area contributed by atoms with Crippen LogP contribution in [0.1, 0.15) is 11.6 Å². The van der Waals surface area contributed by atoms with E-state index in [2.05, 4.69) is 0 Å². The van der Waals surface area contributed by atoms with E-state index < -0.39 is 17.7 Å². The second kappa shape index (κ2) is 4.00. The first kappa shape index (κ1) is 10.4. The first-order valence-electron chi connectivity index (χ1n) is 3.57. The van der Waals surface area contributed by atoms with Crippen LogP contribution in [0.15, 0.2) is 12.1 Å². The fourth-order valence-corrected chi connectivity index (χ4v) is 1.21. The van der Waals surface area contributed by atoms with Crippen molar-refractivity contribution in [2.24, 2.45) is 5.73 Å². The average Bonchev–Trinajstić information content (AvgIpc) is 2.10. The smallest absolute Gasteiger partial charge is 0.160 e. The maximum atomic E-state index is 12.7. The molecule has 1 rings (SSSR count). The highest BCUT2D eigenvalue weighted by molar-refractivity contribution is 6.31. The third-order valence-electron chi connectivity index (χ3n) is 1.64. The standard InChI is InChI=1S/C8H8ClF2NO/c9-5-2-7(11)6(10)1-4(5)8(12)3-13/h1-2,8,13H,3,12H2.